The molecule has 0 radical (unpaired) electrons. The van der Waals surface area contributed by atoms with E-state index >= 15 is 0 Å². The first-order valence-electron chi connectivity index (χ1n) is 7.44. The van der Waals surface area contributed by atoms with Gasteiger partial charge in [0.2, 0.25) is 0 Å². The fourth-order valence-electron chi connectivity index (χ4n) is 2.28. The highest BCUT2D eigenvalue weighted by molar-refractivity contribution is 6.03. The minimum absolute atomic E-state index is 0.0614. The maximum absolute atomic E-state index is 12.7. The highest BCUT2D eigenvalue weighted by atomic mass is 19.4. The zero-order chi connectivity index (χ0) is 18.0. The molecule has 1 heterocycles. The van der Waals surface area contributed by atoms with Gasteiger partial charge in [0.25, 0.3) is 5.91 Å². The maximum Gasteiger partial charge on any atom is 0.416 e. The Morgan fingerprint density at radius 2 is 1.80 bits per heavy atom. The number of amides is 1. The van der Waals surface area contributed by atoms with Gasteiger partial charge in [-0.1, -0.05) is 35.9 Å². The molecule has 2 aromatic carbocycles. The lowest BCUT2D eigenvalue weighted by Gasteiger charge is -2.09. The van der Waals surface area contributed by atoms with Crippen LogP contribution in [-0.4, -0.2) is 16.1 Å². The summed E-state index contributed by atoms with van der Waals surface area (Å²) >= 11 is 0. The van der Waals surface area contributed by atoms with Gasteiger partial charge in [0.15, 0.2) is 0 Å². The lowest BCUT2D eigenvalue weighted by atomic mass is 10.1. The van der Waals surface area contributed by atoms with Crippen molar-refractivity contribution in [1.82, 2.24) is 10.2 Å². The van der Waals surface area contributed by atoms with E-state index < -0.39 is 17.6 Å². The normalized spacial score (nSPS) is 11.4. The monoisotopic (exact) mass is 345 g/mol. The standard InChI is InChI=1S/C18H14F3N3O/c1-11-5-7-12(8-6-11)15-10-16(24-23-15)17(25)22-14-4-2-3-13(9-14)18(19,20)21/h2-10H,1H3,(H,22,25)(H,23,24). The molecule has 0 aliphatic heterocycles. The first-order valence-corrected chi connectivity index (χ1v) is 7.44. The summed E-state index contributed by atoms with van der Waals surface area (Å²) in [6.07, 6.45) is -4.46. The Balaban J connectivity index is 1.77. The Bertz CT molecular complexity index is 898. The zero-order valence-electron chi connectivity index (χ0n) is 13.2. The lowest BCUT2D eigenvalue weighted by Crippen LogP contribution is -2.13. The molecular formula is C18H14F3N3O. The van der Waals surface area contributed by atoms with Gasteiger partial charge in [-0.05, 0) is 31.2 Å². The van der Waals surface area contributed by atoms with Crippen LogP contribution in [0.2, 0.25) is 0 Å². The van der Waals surface area contributed by atoms with Crippen LogP contribution in [0.5, 0.6) is 0 Å². The van der Waals surface area contributed by atoms with E-state index in [1.807, 2.05) is 31.2 Å². The molecule has 3 aromatic rings. The first-order chi connectivity index (χ1) is 11.8. The second kappa shape index (κ2) is 6.43. The molecule has 3 rings (SSSR count). The van der Waals surface area contributed by atoms with Gasteiger partial charge in [-0.3, -0.25) is 9.89 Å². The van der Waals surface area contributed by atoms with Gasteiger partial charge in [0.1, 0.15) is 5.69 Å². The van der Waals surface area contributed by atoms with E-state index in [1.165, 1.54) is 12.1 Å². The number of hydrogen-bond acceptors (Lipinski definition) is 2. The van der Waals surface area contributed by atoms with Crippen LogP contribution in [0.1, 0.15) is 21.6 Å². The Morgan fingerprint density at radius 1 is 1.08 bits per heavy atom. The Kier molecular flexibility index (Phi) is 4.31. The van der Waals surface area contributed by atoms with E-state index in [4.69, 9.17) is 0 Å². The van der Waals surface area contributed by atoms with Crippen molar-refractivity contribution in [2.24, 2.45) is 0 Å². The number of aromatic amines is 1. The van der Waals surface area contributed by atoms with Crippen LogP contribution in [0.3, 0.4) is 0 Å². The third-order valence-corrected chi connectivity index (χ3v) is 3.62. The van der Waals surface area contributed by atoms with E-state index in [-0.39, 0.29) is 11.4 Å². The van der Waals surface area contributed by atoms with Crippen LogP contribution in [0, 0.1) is 6.92 Å². The first kappa shape index (κ1) is 16.8. The van der Waals surface area contributed by atoms with Gasteiger partial charge in [0.05, 0.1) is 11.3 Å². The number of nitrogens with zero attached hydrogens (tertiary/aromatic N) is 1. The van der Waals surface area contributed by atoms with Crippen LogP contribution in [-0.2, 0) is 6.18 Å². The topological polar surface area (TPSA) is 57.8 Å². The quantitative estimate of drug-likeness (QED) is 0.725. The van der Waals surface area contributed by atoms with Crippen molar-refractivity contribution in [1.29, 1.82) is 0 Å². The fraction of sp³-hybridized carbons (Fsp3) is 0.111. The second-order valence-corrected chi connectivity index (χ2v) is 5.57. The zero-order valence-corrected chi connectivity index (χ0v) is 13.2. The minimum atomic E-state index is -4.46. The largest absolute Gasteiger partial charge is 0.416 e. The second-order valence-electron chi connectivity index (χ2n) is 5.57. The van der Waals surface area contributed by atoms with Crippen molar-refractivity contribution in [3.63, 3.8) is 0 Å². The summed E-state index contributed by atoms with van der Waals surface area (Å²) in [4.78, 5) is 12.2. The summed E-state index contributed by atoms with van der Waals surface area (Å²) in [5, 5.41) is 9.10. The lowest BCUT2D eigenvalue weighted by molar-refractivity contribution is -0.137. The molecule has 0 bridgehead atoms. The summed E-state index contributed by atoms with van der Waals surface area (Å²) in [6, 6.07) is 13.6. The summed E-state index contributed by atoms with van der Waals surface area (Å²) in [6.45, 7) is 1.96. The number of aryl methyl sites for hydroxylation is 1. The number of aromatic nitrogens is 2. The number of carbonyl (C=O) groups is 1. The van der Waals surface area contributed by atoms with E-state index in [9.17, 15) is 18.0 Å². The Hall–Kier alpha value is -3.09. The van der Waals surface area contributed by atoms with Gasteiger partial charge in [0, 0.05) is 11.3 Å². The number of anilines is 1. The highest BCUT2D eigenvalue weighted by Crippen LogP contribution is 2.30. The number of nitrogens with one attached hydrogen (secondary N) is 2. The average molecular weight is 345 g/mol. The molecule has 1 aromatic heterocycles. The number of halogens is 3. The molecule has 128 valence electrons. The number of H-pyrrole nitrogens is 1. The van der Waals surface area contributed by atoms with Crippen molar-refractivity contribution in [2.45, 2.75) is 13.1 Å². The third-order valence-electron chi connectivity index (χ3n) is 3.62. The predicted octanol–water partition coefficient (Wildman–Crippen LogP) is 4.66. The number of rotatable bonds is 3. The number of benzene rings is 2. The van der Waals surface area contributed by atoms with Crippen molar-refractivity contribution in [3.8, 4) is 11.3 Å². The minimum Gasteiger partial charge on any atom is -0.321 e. The van der Waals surface area contributed by atoms with Crippen LogP contribution < -0.4 is 5.32 Å². The molecule has 0 atom stereocenters. The van der Waals surface area contributed by atoms with E-state index in [0.29, 0.717) is 5.69 Å². The Morgan fingerprint density at radius 3 is 2.48 bits per heavy atom. The van der Waals surface area contributed by atoms with Gasteiger partial charge < -0.3 is 5.32 Å². The number of alkyl halides is 3. The van der Waals surface area contributed by atoms with Gasteiger partial charge in [-0.15, -0.1) is 0 Å². The predicted molar refractivity (Wildman–Crippen MR) is 88.2 cm³/mol. The molecule has 25 heavy (non-hydrogen) atoms. The van der Waals surface area contributed by atoms with Crippen molar-refractivity contribution >= 4 is 11.6 Å². The number of hydrogen-bond donors (Lipinski definition) is 2. The molecule has 1 amide bonds. The molecule has 0 fully saturated rings. The van der Waals surface area contributed by atoms with Crippen LogP contribution in [0.15, 0.2) is 54.6 Å². The number of carbonyl (C=O) groups excluding carboxylic acids is 1. The van der Waals surface area contributed by atoms with Crippen LogP contribution in [0.25, 0.3) is 11.3 Å². The van der Waals surface area contributed by atoms with E-state index in [1.54, 1.807) is 6.07 Å². The smallest absolute Gasteiger partial charge is 0.321 e. The average Bonchev–Trinajstić information content (AvgIpc) is 3.05. The summed E-state index contributed by atoms with van der Waals surface area (Å²) in [5.74, 6) is -0.565. The van der Waals surface area contributed by atoms with E-state index in [2.05, 4.69) is 15.5 Å². The molecule has 0 unspecified atom stereocenters. The molecule has 0 spiro atoms. The molecule has 0 saturated heterocycles. The molecule has 7 heteroatoms. The van der Waals surface area contributed by atoms with Gasteiger partial charge >= 0.3 is 6.18 Å². The molecule has 0 aliphatic rings. The summed E-state index contributed by atoms with van der Waals surface area (Å²) < 4.78 is 38.2. The highest BCUT2D eigenvalue weighted by Gasteiger charge is 2.30. The third kappa shape index (κ3) is 3.88. The summed E-state index contributed by atoms with van der Waals surface area (Å²) in [7, 11) is 0. The molecule has 0 aliphatic carbocycles. The molecule has 2 N–H and O–H groups in total. The van der Waals surface area contributed by atoms with Crippen molar-refractivity contribution in [3.05, 3.63) is 71.4 Å². The van der Waals surface area contributed by atoms with E-state index in [0.717, 1.165) is 23.3 Å². The van der Waals surface area contributed by atoms with Crippen molar-refractivity contribution in [2.75, 3.05) is 5.32 Å². The van der Waals surface area contributed by atoms with Gasteiger partial charge in [-0.25, -0.2) is 0 Å². The molecule has 4 nitrogen and oxygen atoms in total. The van der Waals surface area contributed by atoms with Crippen LogP contribution >= 0.6 is 0 Å². The van der Waals surface area contributed by atoms with Crippen molar-refractivity contribution < 1.29 is 18.0 Å². The van der Waals surface area contributed by atoms with Gasteiger partial charge in [-0.2, -0.15) is 18.3 Å². The molecule has 0 saturated carbocycles. The fourth-order valence-corrected chi connectivity index (χ4v) is 2.28. The maximum atomic E-state index is 12.7. The van der Waals surface area contributed by atoms with Crippen LogP contribution in [0.4, 0.5) is 18.9 Å². The summed E-state index contributed by atoms with van der Waals surface area (Å²) in [5.41, 5.74) is 1.91. The Labute approximate surface area is 141 Å². The SMILES string of the molecule is Cc1ccc(-c2cc(C(=O)Nc3cccc(C(F)(F)F)c3)[nH]n2)cc1. The molecular weight excluding hydrogens is 331 g/mol.